The number of nitrogens with two attached hydrogens (primary N) is 1. The van der Waals surface area contributed by atoms with Crippen molar-refractivity contribution in [1.29, 1.82) is 0 Å². The number of primary amides is 1. The number of carbonyl (C=O) groups excluding carboxylic acids is 1. The van der Waals surface area contributed by atoms with Gasteiger partial charge in [-0.15, -0.1) is 0 Å². The molecule has 1 saturated heterocycles. The Kier molecular flexibility index (Phi) is 3.78. The van der Waals surface area contributed by atoms with Gasteiger partial charge in [0.05, 0.1) is 5.92 Å². The highest BCUT2D eigenvalue weighted by Gasteiger charge is 2.23. The molecule has 0 bridgehead atoms. The fraction of sp³-hybridized carbons (Fsp3) is 0.615. The Hall–Kier alpha value is -1.09. The van der Waals surface area contributed by atoms with Gasteiger partial charge >= 0.3 is 0 Å². The quantitative estimate of drug-likeness (QED) is 0.782. The van der Waals surface area contributed by atoms with Crippen LogP contribution in [0.2, 0.25) is 0 Å². The molecule has 2 N–H and O–H groups in total. The normalized spacial score (nSPS) is 26.5. The summed E-state index contributed by atoms with van der Waals surface area (Å²) in [5.74, 6) is -0.0835. The molecule has 1 aliphatic carbocycles. The Morgan fingerprint density at radius 3 is 3.06 bits per heavy atom. The van der Waals surface area contributed by atoms with Crippen molar-refractivity contribution in [2.24, 2.45) is 11.7 Å². The Morgan fingerprint density at radius 2 is 2.38 bits per heavy atom. The average Bonchev–Trinajstić information content (AvgIpc) is 2.30. The second kappa shape index (κ2) is 5.30. The van der Waals surface area contributed by atoms with Crippen molar-refractivity contribution in [2.75, 3.05) is 19.6 Å². The lowest BCUT2D eigenvalue weighted by Gasteiger charge is -2.31. The van der Waals surface area contributed by atoms with Gasteiger partial charge in [0.2, 0.25) is 5.91 Å². The molecule has 16 heavy (non-hydrogen) atoms. The lowest BCUT2D eigenvalue weighted by Crippen LogP contribution is -2.41. The molecule has 0 spiro atoms. The van der Waals surface area contributed by atoms with Gasteiger partial charge in [-0.05, 0) is 37.8 Å². The average molecular weight is 220 g/mol. The molecule has 2 rings (SSSR count). The predicted octanol–water partition coefficient (Wildman–Crippen LogP) is 1.46. The molecule has 2 aliphatic rings. The fourth-order valence-electron chi connectivity index (χ4n) is 2.47. The van der Waals surface area contributed by atoms with E-state index >= 15 is 0 Å². The molecule has 0 saturated carbocycles. The van der Waals surface area contributed by atoms with Crippen LogP contribution in [0.1, 0.15) is 25.7 Å². The van der Waals surface area contributed by atoms with Crippen LogP contribution in [0.4, 0.5) is 0 Å². The molecule has 1 amide bonds. The number of nitrogens with zero attached hydrogens (tertiary/aromatic N) is 1. The van der Waals surface area contributed by atoms with E-state index < -0.39 is 0 Å². The highest BCUT2D eigenvalue weighted by atomic mass is 16.1. The smallest absolute Gasteiger partial charge is 0.221 e. The van der Waals surface area contributed by atoms with Crippen molar-refractivity contribution in [3.63, 3.8) is 0 Å². The topological polar surface area (TPSA) is 46.3 Å². The van der Waals surface area contributed by atoms with Crippen LogP contribution in [0, 0.1) is 5.92 Å². The first-order valence-electron chi connectivity index (χ1n) is 6.13. The second-order valence-corrected chi connectivity index (χ2v) is 4.74. The number of allylic oxidation sites excluding steroid dienone is 2. The summed E-state index contributed by atoms with van der Waals surface area (Å²) in [6.45, 7) is 2.90. The summed E-state index contributed by atoms with van der Waals surface area (Å²) < 4.78 is 0. The minimum Gasteiger partial charge on any atom is -0.369 e. The molecular weight excluding hydrogens is 200 g/mol. The fourth-order valence-corrected chi connectivity index (χ4v) is 2.47. The van der Waals surface area contributed by atoms with Crippen LogP contribution >= 0.6 is 0 Å². The second-order valence-electron chi connectivity index (χ2n) is 4.74. The number of likely N-dealkylation sites (tertiary alicyclic amines) is 1. The third-order valence-electron chi connectivity index (χ3n) is 3.39. The molecule has 88 valence electrons. The summed E-state index contributed by atoms with van der Waals surface area (Å²) in [4.78, 5) is 13.5. The maximum atomic E-state index is 11.2. The van der Waals surface area contributed by atoms with Crippen LogP contribution in [0.25, 0.3) is 0 Å². The number of carbonyl (C=O) groups is 1. The van der Waals surface area contributed by atoms with Crippen molar-refractivity contribution in [2.45, 2.75) is 25.7 Å². The number of amides is 1. The number of piperidine rings is 1. The lowest BCUT2D eigenvalue weighted by atomic mass is 9.96. The molecule has 3 nitrogen and oxygen atoms in total. The van der Waals surface area contributed by atoms with Gasteiger partial charge in [0.15, 0.2) is 0 Å². The van der Waals surface area contributed by atoms with Crippen LogP contribution in [0.5, 0.6) is 0 Å². The SMILES string of the molecule is NC(=O)C1CCCN(CC2=CCCC=C2)C1. The van der Waals surface area contributed by atoms with E-state index in [0.717, 1.165) is 45.3 Å². The monoisotopic (exact) mass is 220 g/mol. The molecular formula is C13H20N2O. The van der Waals surface area contributed by atoms with Crippen molar-refractivity contribution < 1.29 is 4.79 Å². The Labute approximate surface area is 97.0 Å². The van der Waals surface area contributed by atoms with E-state index in [9.17, 15) is 4.79 Å². The van der Waals surface area contributed by atoms with Gasteiger partial charge in [-0.3, -0.25) is 9.69 Å². The standard InChI is InChI=1S/C13H20N2O/c14-13(16)12-7-4-8-15(10-12)9-11-5-2-1-3-6-11/h2,5-6,12H,1,3-4,7-10H2,(H2,14,16). The number of rotatable bonds is 3. The third-order valence-corrected chi connectivity index (χ3v) is 3.39. The van der Waals surface area contributed by atoms with E-state index in [1.807, 2.05) is 0 Å². The molecule has 0 aromatic rings. The van der Waals surface area contributed by atoms with Crippen LogP contribution in [-0.2, 0) is 4.79 Å². The molecule has 0 radical (unpaired) electrons. The van der Waals surface area contributed by atoms with Crippen LogP contribution in [0.3, 0.4) is 0 Å². The molecule has 1 unspecified atom stereocenters. The van der Waals surface area contributed by atoms with Crippen molar-refractivity contribution in [3.8, 4) is 0 Å². The van der Waals surface area contributed by atoms with Crippen LogP contribution < -0.4 is 5.73 Å². The van der Waals surface area contributed by atoms with E-state index in [2.05, 4.69) is 23.1 Å². The van der Waals surface area contributed by atoms with E-state index in [-0.39, 0.29) is 11.8 Å². The predicted molar refractivity (Wildman–Crippen MR) is 64.8 cm³/mol. The van der Waals surface area contributed by atoms with E-state index in [0.29, 0.717) is 0 Å². The minimum atomic E-state index is -0.141. The maximum absolute atomic E-state index is 11.2. The molecule has 1 aliphatic heterocycles. The van der Waals surface area contributed by atoms with Gasteiger partial charge in [0.25, 0.3) is 0 Å². The Morgan fingerprint density at radius 1 is 1.50 bits per heavy atom. The molecule has 0 aromatic heterocycles. The van der Waals surface area contributed by atoms with Gasteiger partial charge in [-0.25, -0.2) is 0 Å². The first-order valence-corrected chi connectivity index (χ1v) is 6.13. The first-order chi connectivity index (χ1) is 7.75. The summed E-state index contributed by atoms with van der Waals surface area (Å²) in [5.41, 5.74) is 6.75. The van der Waals surface area contributed by atoms with Gasteiger partial charge in [0.1, 0.15) is 0 Å². The molecule has 0 aromatic carbocycles. The lowest BCUT2D eigenvalue weighted by molar-refractivity contribution is -0.123. The third kappa shape index (κ3) is 2.95. The van der Waals surface area contributed by atoms with Gasteiger partial charge < -0.3 is 5.73 Å². The van der Waals surface area contributed by atoms with Crippen molar-refractivity contribution in [1.82, 2.24) is 4.90 Å². The number of hydrogen-bond acceptors (Lipinski definition) is 2. The highest BCUT2D eigenvalue weighted by molar-refractivity contribution is 5.76. The molecule has 1 atom stereocenters. The summed E-state index contributed by atoms with van der Waals surface area (Å²) in [6, 6.07) is 0. The van der Waals surface area contributed by atoms with Gasteiger partial charge in [0, 0.05) is 13.1 Å². The summed E-state index contributed by atoms with van der Waals surface area (Å²) in [5, 5.41) is 0. The Balaban J connectivity index is 1.87. The highest BCUT2D eigenvalue weighted by Crippen LogP contribution is 2.18. The molecule has 3 heteroatoms. The molecule has 1 fully saturated rings. The number of hydrogen-bond donors (Lipinski definition) is 1. The summed E-state index contributed by atoms with van der Waals surface area (Å²) >= 11 is 0. The first kappa shape index (κ1) is 11.4. The van der Waals surface area contributed by atoms with Crippen molar-refractivity contribution in [3.05, 3.63) is 23.8 Å². The van der Waals surface area contributed by atoms with E-state index in [4.69, 9.17) is 5.73 Å². The summed E-state index contributed by atoms with van der Waals surface area (Å²) in [7, 11) is 0. The zero-order chi connectivity index (χ0) is 11.4. The molecule has 1 heterocycles. The van der Waals surface area contributed by atoms with Crippen molar-refractivity contribution >= 4 is 5.91 Å². The van der Waals surface area contributed by atoms with Gasteiger partial charge in [-0.2, -0.15) is 0 Å². The van der Waals surface area contributed by atoms with E-state index in [1.54, 1.807) is 0 Å². The van der Waals surface area contributed by atoms with E-state index in [1.165, 1.54) is 5.57 Å². The summed E-state index contributed by atoms with van der Waals surface area (Å²) in [6.07, 6.45) is 11.1. The zero-order valence-electron chi connectivity index (χ0n) is 9.69. The van der Waals surface area contributed by atoms with Gasteiger partial charge in [-0.1, -0.05) is 18.2 Å². The van der Waals surface area contributed by atoms with Crippen LogP contribution in [-0.4, -0.2) is 30.4 Å². The Bertz CT molecular complexity index is 320. The zero-order valence-corrected chi connectivity index (χ0v) is 9.69. The minimum absolute atomic E-state index is 0.0573. The largest absolute Gasteiger partial charge is 0.369 e. The maximum Gasteiger partial charge on any atom is 0.221 e. The van der Waals surface area contributed by atoms with Crippen LogP contribution in [0.15, 0.2) is 23.8 Å².